The molecule has 96 valence electrons. The highest BCUT2D eigenvalue weighted by molar-refractivity contribution is 9.10. The standard InChI is InChI=1S/C13H18BrFO2/c1-13(2,3)17-8-11(16)6-9-4-5-10(14)7-12(9)15/h4-5,7,11,16H,6,8H2,1-3H3. The van der Waals surface area contributed by atoms with Crippen LogP contribution in [0.5, 0.6) is 0 Å². The lowest BCUT2D eigenvalue weighted by Crippen LogP contribution is -2.27. The Bertz CT molecular complexity index is 374. The van der Waals surface area contributed by atoms with E-state index in [-0.39, 0.29) is 24.4 Å². The van der Waals surface area contributed by atoms with E-state index in [2.05, 4.69) is 15.9 Å². The molecule has 0 aliphatic heterocycles. The van der Waals surface area contributed by atoms with Gasteiger partial charge in [-0.25, -0.2) is 4.39 Å². The van der Waals surface area contributed by atoms with Crippen LogP contribution < -0.4 is 0 Å². The average Bonchev–Trinajstić information content (AvgIpc) is 2.18. The SMILES string of the molecule is CC(C)(C)OCC(O)Cc1ccc(Br)cc1F. The Labute approximate surface area is 110 Å². The third-order valence-corrected chi connectivity index (χ3v) is 2.67. The van der Waals surface area contributed by atoms with Crippen LogP contribution in [0, 0.1) is 5.82 Å². The monoisotopic (exact) mass is 304 g/mol. The molecular weight excluding hydrogens is 287 g/mol. The van der Waals surface area contributed by atoms with Gasteiger partial charge < -0.3 is 9.84 Å². The lowest BCUT2D eigenvalue weighted by Gasteiger charge is -2.22. The largest absolute Gasteiger partial charge is 0.390 e. The fourth-order valence-corrected chi connectivity index (χ4v) is 1.68. The smallest absolute Gasteiger partial charge is 0.127 e. The van der Waals surface area contributed by atoms with Gasteiger partial charge in [-0.05, 0) is 38.5 Å². The topological polar surface area (TPSA) is 29.5 Å². The van der Waals surface area contributed by atoms with Crippen LogP contribution in [0.4, 0.5) is 4.39 Å². The maximum absolute atomic E-state index is 13.5. The van der Waals surface area contributed by atoms with Crippen molar-refractivity contribution in [2.75, 3.05) is 6.61 Å². The summed E-state index contributed by atoms with van der Waals surface area (Å²) < 4.78 is 19.6. The summed E-state index contributed by atoms with van der Waals surface area (Å²) in [5, 5.41) is 9.76. The summed E-state index contributed by atoms with van der Waals surface area (Å²) in [6, 6.07) is 4.82. The molecule has 0 amide bonds. The van der Waals surface area contributed by atoms with Gasteiger partial charge in [0.2, 0.25) is 0 Å². The first-order chi connectivity index (χ1) is 7.78. The molecule has 17 heavy (non-hydrogen) atoms. The van der Waals surface area contributed by atoms with E-state index in [1.165, 1.54) is 6.07 Å². The third kappa shape index (κ3) is 5.61. The summed E-state index contributed by atoms with van der Waals surface area (Å²) in [5.74, 6) is -0.311. The Balaban J connectivity index is 2.53. The number of halogens is 2. The molecule has 0 fully saturated rings. The van der Waals surface area contributed by atoms with Crippen LogP contribution in [0.15, 0.2) is 22.7 Å². The first kappa shape index (κ1) is 14.6. The fraction of sp³-hybridized carbons (Fsp3) is 0.538. The molecule has 1 rings (SSSR count). The molecule has 1 aromatic carbocycles. The number of hydrogen-bond donors (Lipinski definition) is 1. The molecule has 0 aliphatic carbocycles. The van der Waals surface area contributed by atoms with E-state index in [1.807, 2.05) is 20.8 Å². The van der Waals surface area contributed by atoms with Crippen LogP contribution in [-0.4, -0.2) is 23.4 Å². The maximum Gasteiger partial charge on any atom is 0.127 e. The molecule has 1 atom stereocenters. The Morgan fingerprint density at radius 3 is 2.59 bits per heavy atom. The van der Waals surface area contributed by atoms with Gasteiger partial charge in [-0.2, -0.15) is 0 Å². The maximum atomic E-state index is 13.5. The molecule has 0 spiro atoms. The minimum Gasteiger partial charge on any atom is -0.390 e. The Morgan fingerprint density at radius 1 is 1.41 bits per heavy atom. The summed E-state index contributed by atoms with van der Waals surface area (Å²) in [7, 11) is 0. The van der Waals surface area contributed by atoms with E-state index in [4.69, 9.17) is 4.74 Å². The predicted molar refractivity (Wildman–Crippen MR) is 69.5 cm³/mol. The normalized spacial score (nSPS) is 13.8. The molecule has 0 bridgehead atoms. The first-order valence-electron chi connectivity index (χ1n) is 5.54. The lowest BCUT2D eigenvalue weighted by atomic mass is 10.1. The van der Waals surface area contributed by atoms with Crippen molar-refractivity contribution in [1.29, 1.82) is 0 Å². The van der Waals surface area contributed by atoms with E-state index in [1.54, 1.807) is 12.1 Å². The number of aliphatic hydroxyl groups excluding tert-OH is 1. The number of aliphatic hydroxyl groups is 1. The number of rotatable bonds is 4. The van der Waals surface area contributed by atoms with E-state index in [9.17, 15) is 9.50 Å². The summed E-state index contributed by atoms with van der Waals surface area (Å²) in [6.45, 7) is 5.96. The Kier molecular flexibility index (Phi) is 5.10. The fourth-order valence-electron chi connectivity index (χ4n) is 1.35. The number of hydrogen-bond acceptors (Lipinski definition) is 2. The highest BCUT2D eigenvalue weighted by Gasteiger charge is 2.15. The molecule has 1 N–H and O–H groups in total. The van der Waals surface area contributed by atoms with Gasteiger partial charge in [0, 0.05) is 10.9 Å². The second kappa shape index (κ2) is 5.94. The van der Waals surface area contributed by atoms with Crippen LogP contribution in [-0.2, 0) is 11.2 Å². The highest BCUT2D eigenvalue weighted by Crippen LogP contribution is 2.17. The van der Waals surface area contributed by atoms with E-state index in [0.717, 1.165) is 0 Å². The summed E-state index contributed by atoms with van der Waals surface area (Å²) >= 11 is 3.19. The quantitative estimate of drug-likeness (QED) is 0.925. The van der Waals surface area contributed by atoms with Crippen molar-refractivity contribution >= 4 is 15.9 Å². The van der Waals surface area contributed by atoms with Gasteiger partial charge in [0.15, 0.2) is 0 Å². The van der Waals surface area contributed by atoms with Gasteiger partial charge >= 0.3 is 0 Å². The van der Waals surface area contributed by atoms with Crippen LogP contribution in [0.2, 0.25) is 0 Å². The number of benzene rings is 1. The minimum atomic E-state index is -0.690. The Hall–Kier alpha value is -0.450. The van der Waals surface area contributed by atoms with Crippen molar-refractivity contribution in [3.63, 3.8) is 0 Å². The first-order valence-corrected chi connectivity index (χ1v) is 6.33. The summed E-state index contributed by atoms with van der Waals surface area (Å²) in [5.41, 5.74) is 0.206. The van der Waals surface area contributed by atoms with E-state index >= 15 is 0 Å². The van der Waals surface area contributed by atoms with Crippen molar-refractivity contribution in [2.24, 2.45) is 0 Å². The van der Waals surface area contributed by atoms with Crippen molar-refractivity contribution in [3.05, 3.63) is 34.1 Å². The zero-order chi connectivity index (χ0) is 13.1. The zero-order valence-electron chi connectivity index (χ0n) is 10.3. The predicted octanol–water partition coefficient (Wildman–Crippen LogP) is 3.31. The van der Waals surface area contributed by atoms with Crippen molar-refractivity contribution in [3.8, 4) is 0 Å². The molecule has 0 heterocycles. The van der Waals surface area contributed by atoms with Crippen LogP contribution in [0.3, 0.4) is 0 Å². The molecule has 0 saturated heterocycles. The van der Waals surface area contributed by atoms with Gasteiger partial charge in [-0.15, -0.1) is 0 Å². The van der Waals surface area contributed by atoms with E-state index < -0.39 is 6.10 Å². The molecule has 2 nitrogen and oxygen atoms in total. The van der Waals surface area contributed by atoms with Crippen LogP contribution >= 0.6 is 15.9 Å². The zero-order valence-corrected chi connectivity index (χ0v) is 11.9. The Morgan fingerprint density at radius 2 is 2.06 bits per heavy atom. The van der Waals surface area contributed by atoms with Crippen molar-refractivity contribution < 1.29 is 14.2 Å². The average molecular weight is 305 g/mol. The second-order valence-electron chi connectivity index (χ2n) is 5.02. The molecule has 0 aromatic heterocycles. The number of ether oxygens (including phenoxy) is 1. The second-order valence-corrected chi connectivity index (χ2v) is 5.93. The van der Waals surface area contributed by atoms with Crippen molar-refractivity contribution in [1.82, 2.24) is 0 Å². The van der Waals surface area contributed by atoms with Gasteiger partial charge in [-0.3, -0.25) is 0 Å². The van der Waals surface area contributed by atoms with Gasteiger partial charge in [0.25, 0.3) is 0 Å². The molecule has 0 aliphatic rings. The molecule has 0 radical (unpaired) electrons. The van der Waals surface area contributed by atoms with Crippen molar-refractivity contribution in [2.45, 2.75) is 38.9 Å². The molecular formula is C13H18BrFO2. The molecule has 4 heteroatoms. The van der Waals surface area contributed by atoms with Crippen LogP contribution in [0.1, 0.15) is 26.3 Å². The van der Waals surface area contributed by atoms with Gasteiger partial charge in [0.1, 0.15) is 5.82 Å². The third-order valence-electron chi connectivity index (χ3n) is 2.18. The summed E-state index contributed by atoms with van der Waals surface area (Å²) in [4.78, 5) is 0. The van der Waals surface area contributed by atoms with Gasteiger partial charge in [-0.1, -0.05) is 22.0 Å². The molecule has 1 aromatic rings. The molecule has 0 saturated carbocycles. The molecule has 1 unspecified atom stereocenters. The summed E-state index contributed by atoms with van der Waals surface area (Å²) in [6.07, 6.45) is -0.431. The minimum absolute atomic E-state index is 0.207. The lowest BCUT2D eigenvalue weighted by molar-refractivity contribution is -0.0484. The van der Waals surface area contributed by atoms with Gasteiger partial charge in [0.05, 0.1) is 18.3 Å². The van der Waals surface area contributed by atoms with E-state index in [0.29, 0.717) is 10.0 Å². The van der Waals surface area contributed by atoms with Crippen LogP contribution in [0.25, 0.3) is 0 Å². The highest BCUT2D eigenvalue weighted by atomic mass is 79.9.